The van der Waals surface area contributed by atoms with E-state index in [9.17, 15) is 0 Å². The van der Waals surface area contributed by atoms with Crippen molar-refractivity contribution in [3.63, 3.8) is 0 Å². The molecule has 3 saturated carbocycles. The van der Waals surface area contributed by atoms with E-state index in [0.717, 1.165) is 36.5 Å². The first-order valence-corrected chi connectivity index (χ1v) is 13.2. The van der Waals surface area contributed by atoms with Crippen LogP contribution in [0, 0.1) is 43.4 Å². The molecule has 0 aliphatic heterocycles. The molecule has 2 aromatic carbocycles. The molecule has 4 aliphatic rings. The maximum Gasteiger partial charge on any atom is 0.00449 e. The Morgan fingerprint density at radius 3 is 2.45 bits per heavy atom. The number of rotatable bonds is 5. The first-order valence-electron chi connectivity index (χ1n) is 13.2. The maximum atomic E-state index is 4.46. The summed E-state index contributed by atoms with van der Waals surface area (Å²) in [6.07, 6.45) is 11.4. The molecule has 33 heavy (non-hydrogen) atoms. The number of allylic oxidation sites excluding steroid dienone is 3. The minimum Gasteiger partial charge on any atom is -0.0989 e. The molecule has 0 spiro atoms. The molecule has 0 heterocycles. The molecule has 0 N–H and O–H groups in total. The minimum atomic E-state index is 0.512. The average Bonchev–Trinajstić information content (AvgIpc) is 3.22. The van der Waals surface area contributed by atoms with Crippen molar-refractivity contribution in [1.29, 1.82) is 0 Å². The average molecular weight is 435 g/mol. The van der Waals surface area contributed by atoms with Crippen molar-refractivity contribution in [2.45, 2.75) is 65.7 Å². The summed E-state index contributed by atoms with van der Waals surface area (Å²) in [6.45, 7) is 16.0. The summed E-state index contributed by atoms with van der Waals surface area (Å²) in [5.74, 6) is 3.70. The second-order valence-electron chi connectivity index (χ2n) is 11.7. The number of aryl methyl sites for hydroxylation is 2. The second-order valence-corrected chi connectivity index (χ2v) is 11.7. The topological polar surface area (TPSA) is 0 Å². The highest BCUT2D eigenvalue weighted by atomic mass is 14.6. The van der Waals surface area contributed by atoms with Crippen LogP contribution in [0.2, 0.25) is 0 Å². The van der Waals surface area contributed by atoms with E-state index in [1.807, 2.05) is 0 Å². The molecule has 0 nitrogen and oxygen atoms in total. The van der Waals surface area contributed by atoms with E-state index in [2.05, 4.69) is 70.3 Å². The van der Waals surface area contributed by atoms with Crippen molar-refractivity contribution in [3.05, 3.63) is 88.0 Å². The second kappa shape index (κ2) is 7.86. The monoisotopic (exact) mass is 434 g/mol. The molecule has 0 saturated heterocycles. The Bertz CT molecular complexity index is 1170. The fraction of sp³-hybridized carbons (Fsp3) is 0.455. The minimum absolute atomic E-state index is 0.512. The lowest BCUT2D eigenvalue weighted by Crippen LogP contribution is -2.10. The van der Waals surface area contributed by atoms with Crippen LogP contribution >= 0.6 is 0 Å². The summed E-state index contributed by atoms with van der Waals surface area (Å²) in [7, 11) is 0. The van der Waals surface area contributed by atoms with Crippen LogP contribution in [0.15, 0.2) is 60.2 Å². The molecule has 6 rings (SSSR count). The Morgan fingerprint density at radius 1 is 0.939 bits per heavy atom. The van der Waals surface area contributed by atoms with Gasteiger partial charge in [-0.05, 0) is 103 Å². The summed E-state index contributed by atoms with van der Waals surface area (Å²) in [5.41, 5.74) is 14.9. The quantitative estimate of drug-likeness (QED) is 0.413. The number of fused-ring (bicyclic) bond motifs is 2. The zero-order valence-corrected chi connectivity index (χ0v) is 20.7. The van der Waals surface area contributed by atoms with E-state index < -0.39 is 0 Å². The molecule has 0 amide bonds. The molecular weight excluding hydrogens is 396 g/mol. The lowest BCUT2D eigenvalue weighted by atomic mass is 9.82. The van der Waals surface area contributed by atoms with Crippen molar-refractivity contribution in [1.82, 2.24) is 0 Å². The largest absolute Gasteiger partial charge is 0.0989 e. The molecule has 170 valence electrons. The Hall–Kier alpha value is -2.34. The van der Waals surface area contributed by atoms with Crippen LogP contribution in [0.25, 0.3) is 17.2 Å². The van der Waals surface area contributed by atoms with Gasteiger partial charge in [-0.15, -0.1) is 0 Å². The highest BCUT2D eigenvalue weighted by molar-refractivity contribution is 5.80. The van der Waals surface area contributed by atoms with Gasteiger partial charge in [0.25, 0.3) is 0 Å². The normalized spacial score (nSPS) is 29.9. The summed E-state index contributed by atoms with van der Waals surface area (Å²) in [4.78, 5) is 0. The van der Waals surface area contributed by atoms with Crippen LogP contribution in [0.5, 0.6) is 0 Å². The van der Waals surface area contributed by atoms with Crippen LogP contribution in [-0.4, -0.2) is 0 Å². The van der Waals surface area contributed by atoms with Crippen molar-refractivity contribution < 1.29 is 0 Å². The SMILES string of the molecule is C=C1C(CC2=Cc3cccc(-c4cc(C)cc(C)c4CC4CCCC4C)c3C2)C(=C)C2CC12. The van der Waals surface area contributed by atoms with Gasteiger partial charge in [-0.1, -0.05) is 91.6 Å². The summed E-state index contributed by atoms with van der Waals surface area (Å²) >= 11 is 0. The van der Waals surface area contributed by atoms with Gasteiger partial charge in [-0.2, -0.15) is 0 Å². The van der Waals surface area contributed by atoms with Crippen LogP contribution in [0.3, 0.4) is 0 Å². The van der Waals surface area contributed by atoms with Crippen LogP contribution < -0.4 is 0 Å². The lowest BCUT2D eigenvalue weighted by Gasteiger charge is -2.22. The van der Waals surface area contributed by atoms with E-state index in [1.165, 1.54) is 76.6 Å². The van der Waals surface area contributed by atoms with Gasteiger partial charge in [-0.3, -0.25) is 0 Å². The zero-order valence-electron chi connectivity index (χ0n) is 20.7. The van der Waals surface area contributed by atoms with Gasteiger partial charge >= 0.3 is 0 Å². The van der Waals surface area contributed by atoms with Gasteiger partial charge in [0.15, 0.2) is 0 Å². The maximum absolute atomic E-state index is 4.46. The molecule has 2 aromatic rings. The third-order valence-corrected chi connectivity index (χ3v) is 9.49. The predicted molar refractivity (Wildman–Crippen MR) is 141 cm³/mol. The molecule has 0 bridgehead atoms. The highest BCUT2D eigenvalue weighted by Gasteiger charge is 2.51. The van der Waals surface area contributed by atoms with E-state index in [4.69, 9.17) is 0 Å². The fourth-order valence-electron chi connectivity index (χ4n) is 7.41. The van der Waals surface area contributed by atoms with E-state index in [0.29, 0.717) is 5.92 Å². The van der Waals surface area contributed by atoms with Crippen molar-refractivity contribution >= 4 is 6.08 Å². The van der Waals surface area contributed by atoms with E-state index >= 15 is 0 Å². The van der Waals surface area contributed by atoms with Crippen molar-refractivity contribution in [2.75, 3.05) is 0 Å². The Labute approximate surface area is 200 Å². The fourth-order valence-corrected chi connectivity index (χ4v) is 7.41. The molecule has 3 fully saturated rings. The number of hydrogen-bond donors (Lipinski definition) is 0. The smallest absolute Gasteiger partial charge is 0.00449 e. The zero-order chi connectivity index (χ0) is 22.9. The Balaban J connectivity index is 1.32. The Morgan fingerprint density at radius 2 is 1.73 bits per heavy atom. The van der Waals surface area contributed by atoms with Gasteiger partial charge in [0.05, 0.1) is 0 Å². The molecular formula is C33H38. The number of benzene rings is 2. The lowest BCUT2D eigenvalue weighted by molar-refractivity contribution is 0.417. The van der Waals surface area contributed by atoms with Crippen molar-refractivity contribution in [3.8, 4) is 11.1 Å². The molecule has 0 heteroatoms. The molecule has 4 atom stereocenters. The number of hydrogen-bond acceptors (Lipinski definition) is 0. The first-order chi connectivity index (χ1) is 15.9. The van der Waals surface area contributed by atoms with E-state index in [-0.39, 0.29) is 0 Å². The van der Waals surface area contributed by atoms with Gasteiger partial charge < -0.3 is 0 Å². The highest BCUT2D eigenvalue weighted by Crippen LogP contribution is 2.61. The predicted octanol–water partition coefficient (Wildman–Crippen LogP) is 8.66. The third kappa shape index (κ3) is 3.58. The first kappa shape index (κ1) is 21.2. The standard InChI is InChI=1S/C33H38/c1-19-12-21(3)28(17-25-9-6-8-20(25)2)33(13-19)27-11-7-10-26-14-24(16-32(26)27)15-29-22(4)30-18-31(30)23(29)5/h7,10-14,20,25,29-31H,4-6,8-9,15-18H2,1-3H3. The van der Waals surface area contributed by atoms with E-state index in [1.54, 1.807) is 11.1 Å². The summed E-state index contributed by atoms with van der Waals surface area (Å²) in [5, 5.41) is 0. The van der Waals surface area contributed by atoms with Gasteiger partial charge in [0.1, 0.15) is 0 Å². The van der Waals surface area contributed by atoms with Gasteiger partial charge in [0, 0.05) is 5.92 Å². The molecule has 0 radical (unpaired) electrons. The van der Waals surface area contributed by atoms with Gasteiger partial charge in [0.2, 0.25) is 0 Å². The van der Waals surface area contributed by atoms with Crippen LogP contribution in [-0.2, 0) is 12.8 Å². The third-order valence-electron chi connectivity index (χ3n) is 9.49. The molecule has 4 aliphatic carbocycles. The molecule has 0 aromatic heterocycles. The molecule has 4 unspecified atom stereocenters. The van der Waals surface area contributed by atoms with Crippen molar-refractivity contribution in [2.24, 2.45) is 29.6 Å². The van der Waals surface area contributed by atoms with Crippen LogP contribution in [0.4, 0.5) is 0 Å². The Kier molecular flexibility index (Phi) is 5.05. The van der Waals surface area contributed by atoms with Crippen LogP contribution in [0.1, 0.15) is 66.8 Å². The van der Waals surface area contributed by atoms with Gasteiger partial charge in [-0.25, -0.2) is 0 Å². The summed E-state index contributed by atoms with van der Waals surface area (Å²) < 4.78 is 0. The summed E-state index contributed by atoms with van der Waals surface area (Å²) in [6, 6.07) is 11.8.